The third kappa shape index (κ3) is 7.96. The van der Waals surface area contributed by atoms with Crippen LogP contribution in [0.3, 0.4) is 0 Å². The zero-order valence-electron chi connectivity index (χ0n) is 12.9. The Hall–Kier alpha value is -1.22. The van der Waals surface area contributed by atoms with Gasteiger partial charge in [0.05, 0.1) is 6.04 Å². The highest BCUT2D eigenvalue weighted by atomic mass is 16.1. The van der Waals surface area contributed by atoms with Crippen molar-refractivity contribution in [2.45, 2.75) is 74.4 Å². The van der Waals surface area contributed by atoms with Crippen LogP contribution < -0.4 is 5.32 Å². The second-order valence-electron chi connectivity index (χ2n) is 7.09. The van der Waals surface area contributed by atoms with Gasteiger partial charge >= 0.3 is 0 Å². The predicted molar refractivity (Wildman–Crippen MR) is 92.5 cm³/mol. The van der Waals surface area contributed by atoms with E-state index in [2.05, 4.69) is 31.1 Å². The van der Waals surface area contributed by atoms with Crippen LogP contribution in [-0.4, -0.2) is 22.3 Å². The number of nitrogens with zero attached hydrogens (tertiary/aromatic N) is 1. The first-order valence-electron chi connectivity index (χ1n) is 6.81. The molecule has 0 aromatic carbocycles. The van der Waals surface area contributed by atoms with Crippen LogP contribution in [0.2, 0.25) is 0 Å². The van der Waals surface area contributed by atoms with Gasteiger partial charge in [-0.3, -0.25) is 9.78 Å². The van der Waals surface area contributed by atoms with Gasteiger partial charge in [-0.1, -0.05) is 41.7 Å². The molecule has 3 nitrogen and oxygen atoms in total. The Morgan fingerprint density at radius 1 is 1.14 bits per heavy atom. The SMILES string of the molecule is C.C.CC(C)(C)N[C@@H](Cc1ccccn1)C(=O)C(C)(C)C. The molecule has 0 aliphatic carbocycles. The second-order valence-corrected chi connectivity index (χ2v) is 7.09. The number of hydrogen-bond acceptors (Lipinski definition) is 3. The molecule has 21 heavy (non-hydrogen) atoms. The highest BCUT2D eigenvalue weighted by Gasteiger charge is 2.32. The van der Waals surface area contributed by atoms with Gasteiger partial charge in [0.15, 0.2) is 5.78 Å². The maximum atomic E-state index is 12.6. The van der Waals surface area contributed by atoms with Gasteiger partial charge < -0.3 is 5.32 Å². The number of ketones is 1. The number of pyridine rings is 1. The van der Waals surface area contributed by atoms with Crippen LogP contribution in [0.1, 0.15) is 62.1 Å². The summed E-state index contributed by atoms with van der Waals surface area (Å²) in [6.45, 7) is 12.1. The monoisotopic (exact) mass is 294 g/mol. The zero-order valence-corrected chi connectivity index (χ0v) is 12.9. The standard InChI is InChI=1S/C16H26N2O.2CH4/c1-15(2,3)14(19)13(18-16(4,5)6)11-12-9-7-8-10-17-12;;/h7-10,13,18H,11H2,1-6H3;2*1H4/t13-;;/m0../s1. The highest BCUT2D eigenvalue weighted by molar-refractivity contribution is 5.89. The molecule has 0 aliphatic rings. The van der Waals surface area contributed by atoms with E-state index in [-0.39, 0.29) is 37.6 Å². The Labute approximate surface area is 131 Å². The van der Waals surface area contributed by atoms with Crippen LogP contribution in [0.4, 0.5) is 0 Å². The number of aromatic nitrogens is 1. The normalized spacial score (nSPS) is 12.9. The maximum absolute atomic E-state index is 12.6. The van der Waals surface area contributed by atoms with E-state index in [1.54, 1.807) is 6.20 Å². The first-order chi connectivity index (χ1) is 8.59. The lowest BCUT2D eigenvalue weighted by molar-refractivity contribution is -0.128. The van der Waals surface area contributed by atoms with Crippen LogP contribution in [0.5, 0.6) is 0 Å². The summed E-state index contributed by atoms with van der Waals surface area (Å²) in [5.74, 6) is 0.230. The molecule has 0 amide bonds. The number of Topliss-reactive ketones (excluding diaryl/α,β-unsaturated/α-hetero) is 1. The molecule has 3 heteroatoms. The van der Waals surface area contributed by atoms with E-state index in [1.807, 2.05) is 39.0 Å². The maximum Gasteiger partial charge on any atom is 0.155 e. The molecule has 0 radical (unpaired) electrons. The molecule has 0 unspecified atom stereocenters. The molecule has 0 saturated heterocycles. The van der Waals surface area contributed by atoms with Gasteiger partial charge in [-0.2, -0.15) is 0 Å². The first kappa shape index (κ1) is 22.1. The second kappa shape index (κ2) is 8.28. The van der Waals surface area contributed by atoms with Gasteiger partial charge in [0, 0.05) is 29.3 Å². The third-order valence-electron chi connectivity index (χ3n) is 2.80. The summed E-state index contributed by atoms with van der Waals surface area (Å²) in [6, 6.07) is 5.61. The molecule has 1 aromatic heterocycles. The van der Waals surface area contributed by atoms with Crippen molar-refractivity contribution in [1.82, 2.24) is 10.3 Å². The van der Waals surface area contributed by atoms with E-state index in [1.165, 1.54) is 0 Å². The first-order valence-corrected chi connectivity index (χ1v) is 6.81. The average molecular weight is 294 g/mol. The topological polar surface area (TPSA) is 42.0 Å². The molecule has 1 aromatic rings. The summed E-state index contributed by atoms with van der Waals surface area (Å²) in [5, 5.41) is 3.42. The molecule has 1 atom stereocenters. The fraction of sp³-hybridized carbons (Fsp3) is 0.667. The van der Waals surface area contributed by atoms with Crippen LogP contribution in [0.25, 0.3) is 0 Å². The highest BCUT2D eigenvalue weighted by Crippen LogP contribution is 2.20. The van der Waals surface area contributed by atoms with E-state index in [0.717, 1.165) is 5.69 Å². The number of rotatable bonds is 4. The third-order valence-corrected chi connectivity index (χ3v) is 2.80. The predicted octanol–water partition coefficient (Wildman–Crippen LogP) is 4.27. The van der Waals surface area contributed by atoms with E-state index >= 15 is 0 Å². The molecule has 0 aliphatic heterocycles. The van der Waals surface area contributed by atoms with E-state index in [9.17, 15) is 4.79 Å². The fourth-order valence-electron chi connectivity index (χ4n) is 1.98. The Bertz CT molecular complexity index is 413. The smallest absolute Gasteiger partial charge is 0.155 e. The van der Waals surface area contributed by atoms with Gasteiger partial charge in [0.25, 0.3) is 0 Å². The van der Waals surface area contributed by atoms with E-state index in [4.69, 9.17) is 0 Å². The van der Waals surface area contributed by atoms with Crippen molar-refractivity contribution >= 4 is 5.78 Å². The van der Waals surface area contributed by atoms with Crippen LogP contribution in [-0.2, 0) is 11.2 Å². The largest absolute Gasteiger partial charge is 0.302 e. The minimum absolute atomic E-state index is 0. The van der Waals surface area contributed by atoms with Crippen LogP contribution in [0, 0.1) is 5.41 Å². The molecular formula is C18H34N2O. The molecule has 0 saturated carbocycles. The van der Waals surface area contributed by atoms with Gasteiger partial charge in [0.1, 0.15) is 0 Å². The number of nitrogens with one attached hydrogen (secondary N) is 1. The Morgan fingerprint density at radius 3 is 2.10 bits per heavy atom. The summed E-state index contributed by atoms with van der Waals surface area (Å²) in [7, 11) is 0. The van der Waals surface area contributed by atoms with Gasteiger partial charge in [-0.15, -0.1) is 0 Å². The minimum atomic E-state index is -0.350. The molecular weight excluding hydrogens is 260 g/mol. The van der Waals surface area contributed by atoms with Crippen LogP contribution >= 0.6 is 0 Å². The zero-order chi connectivity index (χ0) is 14.7. The fourth-order valence-corrected chi connectivity index (χ4v) is 1.98. The quantitative estimate of drug-likeness (QED) is 0.901. The molecule has 122 valence electrons. The average Bonchev–Trinajstić information content (AvgIpc) is 2.25. The lowest BCUT2D eigenvalue weighted by Crippen LogP contribution is -2.52. The van der Waals surface area contributed by atoms with Crippen LogP contribution in [0.15, 0.2) is 24.4 Å². The Kier molecular flexibility index (Phi) is 8.70. The summed E-state index contributed by atoms with van der Waals surface area (Å²) < 4.78 is 0. The van der Waals surface area contributed by atoms with Gasteiger partial charge in [0.2, 0.25) is 0 Å². The molecule has 0 bridgehead atoms. The molecule has 1 N–H and O–H groups in total. The Balaban J connectivity index is 0. The summed E-state index contributed by atoms with van der Waals surface area (Å²) in [5.41, 5.74) is 0.500. The van der Waals surface area contributed by atoms with Crippen molar-refractivity contribution in [2.24, 2.45) is 5.41 Å². The Morgan fingerprint density at radius 2 is 1.71 bits per heavy atom. The number of carbonyl (C=O) groups excluding carboxylic acids is 1. The number of carbonyl (C=O) groups is 1. The number of hydrogen-bond donors (Lipinski definition) is 1. The summed E-state index contributed by atoms with van der Waals surface area (Å²) >= 11 is 0. The van der Waals surface area contributed by atoms with Crippen molar-refractivity contribution < 1.29 is 4.79 Å². The van der Waals surface area contributed by atoms with Crippen molar-refractivity contribution in [3.8, 4) is 0 Å². The van der Waals surface area contributed by atoms with E-state index < -0.39 is 0 Å². The van der Waals surface area contributed by atoms with E-state index in [0.29, 0.717) is 6.42 Å². The summed E-state index contributed by atoms with van der Waals surface area (Å²) in [4.78, 5) is 16.9. The molecule has 1 rings (SSSR count). The lowest BCUT2D eigenvalue weighted by atomic mass is 9.84. The minimum Gasteiger partial charge on any atom is -0.302 e. The lowest BCUT2D eigenvalue weighted by Gasteiger charge is -2.31. The molecule has 0 fully saturated rings. The van der Waals surface area contributed by atoms with Crippen molar-refractivity contribution in [3.63, 3.8) is 0 Å². The molecule has 0 spiro atoms. The summed E-state index contributed by atoms with van der Waals surface area (Å²) in [6.07, 6.45) is 2.40. The van der Waals surface area contributed by atoms with Crippen molar-refractivity contribution in [1.29, 1.82) is 0 Å². The molecule has 1 heterocycles. The van der Waals surface area contributed by atoms with Crippen molar-refractivity contribution in [3.05, 3.63) is 30.1 Å². The van der Waals surface area contributed by atoms with Gasteiger partial charge in [-0.05, 0) is 32.9 Å². The van der Waals surface area contributed by atoms with Crippen molar-refractivity contribution in [2.75, 3.05) is 0 Å². The van der Waals surface area contributed by atoms with Gasteiger partial charge in [-0.25, -0.2) is 0 Å².